The van der Waals surface area contributed by atoms with Crippen molar-refractivity contribution < 1.29 is 17.6 Å². The topological polar surface area (TPSA) is 94.4 Å². The summed E-state index contributed by atoms with van der Waals surface area (Å²) in [4.78, 5) is 31.0. The Labute approximate surface area is 249 Å². The quantitative estimate of drug-likeness (QED) is 0.303. The number of benzene rings is 1. The number of amides is 1. The molecule has 1 atom stereocenters. The Morgan fingerprint density at radius 2 is 1.83 bits per heavy atom. The first-order valence-corrected chi connectivity index (χ1v) is 16.4. The molecule has 0 saturated carbocycles. The van der Waals surface area contributed by atoms with Crippen molar-refractivity contribution in [2.45, 2.75) is 19.8 Å². The van der Waals surface area contributed by atoms with Gasteiger partial charge in [-0.15, -0.1) is 11.3 Å². The summed E-state index contributed by atoms with van der Waals surface area (Å²) in [5, 5.41) is 2.80. The van der Waals surface area contributed by atoms with Crippen molar-refractivity contribution in [3.63, 3.8) is 0 Å². The maximum Gasteiger partial charge on any atom is 0.227 e. The predicted molar refractivity (Wildman–Crippen MR) is 164 cm³/mol. The molecule has 2 aliphatic heterocycles. The van der Waals surface area contributed by atoms with E-state index in [9.17, 15) is 17.6 Å². The first kappa shape index (κ1) is 28.6. The van der Waals surface area contributed by atoms with E-state index < -0.39 is 10.7 Å². The van der Waals surface area contributed by atoms with Crippen LogP contribution in [0.15, 0.2) is 48.0 Å². The number of thiazole rings is 1. The minimum absolute atomic E-state index is 0.0263. The van der Waals surface area contributed by atoms with Gasteiger partial charge in [0.05, 0.1) is 28.9 Å². The number of hydrogen-bond acceptors (Lipinski definition) is 9. The van der Waals surface area contributed by atoms with Gasteiger partial charge >= 0.3 is 0 Å². The Bertz CT molecular complexity index is 1650. The molecule has 10 nitrogen and oxygen atoms in total. The number of nitrogens with zero attached hydrogens (tertiary/aromatic N) is 7. The first-order chi connectivity index (χ1) is 20.3. The molecule has 2 aliphatic rings. The van der Waals surface area contributed by atoms with Gasteiger partial charge in [-0.05, 0) is 55.8 Å². The molecule has 5 heterocycles. The summed E-state index contributed by atoms with van der Waals surface area (Å²) in [6.45, 7) is 5.95. The lowest BCUT2D eigenvalue weighted by atomic mass is 10.1. The monoisotopic (exact) mass is 611 g/mol. The number of pyridine rings is 1. The number of hydrogen-bond donors (Lipinski definition) is 1. The van der Waals surface area contributed by atoms with E-state index in [0.717, 1.165) is 45.7 Å². The number of thiol groups is 1. The number of aryl methyl sites for hydroxylation is 1. The van der Waals surface area contributed by atoms with Gasteiger partial charge in [0.25, 0.3) is 0 Å². The van der Waals surface area contributed by atoms with Gasteiger partial charge < -0.3 is 14.7 Å². The van der Waals surface area contributed by atoms with Crippen molar-refractivity contribution in [3.05, 3.63) is 59.5 Å². The highest BCUT2D eigenvalue weighted by atomic mass is 32.2. The van der Waals surface area contributed by atoms with Crippen LogP contribution in [-0.2, 0) is 21.9 Å². The third-order valence-corrected chi connectivity index (χ3v) is 9.66. The van der Waals surface area contributed by atoms with Crippen molar-refractivity contribution >= 4 is 50.2 Å². The Hall–Kier alpha value is -3.55. The lowest BCUT2D eigenvalue weighted by Gasteiger charge is -2.37. The van der Waals surface area contributed by atoms with Crippen LogP contribution >= 0.6 is 11.3 Å². The Balaban J connectivity index is 1.18. The zero-order valence-corrected chi connectivity index (χ0v) is 25.4. The van der Waals surface area contributed by atoms with Gasteiger partial charge in [-0.25, -0.2) is 22.8 Å². The molecular formula is C29H34FN7O3S2. The number of likely N-dealkylation sites (tertiary alicyclic amines) is 1. The Morgan fingerprint density at radius 3 is 2.55 bits per heavy atom. The minimum Gasteiger partial charge on any atom is -0.367 e. The van der Waals surface area contributed by atoms with Gasteiger partial charge in [-0.2, -0.15) is 0 Å². The summed E-state index contributed by atoms with van der Waals surface area (Å²) in [7, 11) is -0.475. The predicted octanol–water partition coefficient (Wildman–Crippen LogP) is 3.47. The van der Waals surface area contributed by atoms with Gasteiger partial charge in [0.15, 0.2) is 15.8 Å². The van der Waals surface area contributed by atoms with Crippen LogP contribution in [-0.4, -0.2) is 90.7 Å². The molecule has 4 aromatic rings. The van der Waals surface area contributed by atoms with Crippen LogP contribution in [0.3, 0.4) is 0 Å². The number of piperazine rings is 1. The number of carbonyl (C=O) groups excluding carboxylic acids is 1. The van der Waals surface area contributed by atoms with Crippen LogP contribution < -0.4 is 9.80 Å². The number of anilines is 3. The number of imidazole rings is 1. The van der Waals surface area contributed by atoms with Crippen molar-refractivity contribution in [2.24, 2.45) is 5.92 Å². The fourth-order valence-corrected chi connectivity index (χ4v) is 7.27. The van der Waals surface area contributed by atoms with E-state index >= 15 is 0 Å². The molecule has 222 valence electrons. The average molecular weight is 612 g/mol. The largest absolute Gasteiger partial charge is 0.367 e. The van der Waals surface area contributed by atoms with Crippen LogP contribution in [0, 0.1) is 11.7 Å². The summed E-state index contributed by atoms with van der Waals surface area (Å²) < 4.78 is 37.7. The summed E-state index contributed by atoms with van der Waals surface area (Å²) >= 11 is 1.53. The number of carbonyl (C=O) groups is 1. The standard InChI is InChI=1S/C29H34FN7O3S2/c1-3-24-27(33(2)29-32-25(18-41-29)20-4-6-22(30)7-5-20)37-17-23(8-9-26(37)31-24)35-12-14-36(15-13-35)28(38)21-10-11-34(16-21)19-42(39)40/h4-9,17-18,21,42H,3,10-16,19H2,1-2H3. The van der Waals surface area contributed by atoms with Gasteiger partial charge in [0, 0.05) is 56.9 Å². The summed E-state index contributed by atoms with van der Waals surface area (Å²) in [5.41, 5.74) is 4.54. The molecule has 6 rings (SSSR count). The summed E-state index contributed by atoms with van der Waals surface area (Å²) in [5.74, 6) is 0.704. The molecule has 13 heteroatoms. The number of fused-ring (bicyclic) bond motifs is 1. The van der Waals surface area contributed by atoms with E-state index in [1.54, 1.807) is 12.1 Å². The first-order valence-electron chi connectivity index (χ1n) is 14.1. The SMILES string of the molecule is CCc1nc2ccc(N3CCN(C(=O)C4CCN(C[SH](=O)=O)C4)CC3)cn2c1N(C)c1nc(-c2ccc(F)cc2)cs1. The lowest BCUT2D eigenvalue weighted by Crippen LogP contribution is -2.50. The maximum absolute atomic E-state index is 13.4. The molecule has 1 aromatic carbocycles. The van der Waals surface area contributed by atoms with Crippen LogP contribution in [0.25, 0.3) is 16.9 Å². The van der Waals surface area contributed by atoms with E-state index in [0.29, 0.717) is 45.7 Å². The van der Waals surface area contributed by atoms with Crippen molar-refractivity contribution in [1.29, 1.82) is 0 Å². The molecule has 0 N–H and O–H groups in total. The summed E-state index contributed by atoms with van der Waals surface area (Å²) in [6.07, 6.45) is 3.58. The molecule has 42 heavy (non-hydrogen) atoms. The van der Waals surface area contributed by atoms with Gasteiger partial charge in [-0.3, -0.25) is 14.1 Å². The van der Waals surface area contributed by atoms with E-state index in [1.807, 2.05) is 28.3 Å². The second-order valence-corrected chi connectivity index (χ2v) is 12.6. The molecule has 2 saturated heterocycles. The fraction of sp³-hybridized carbons (Fsp3) is 0.414. The molecule has 0 bridgehead atoms. The van der Waals surface area contributed by atoms with Crippen LogP contribution in [0.1, 0.15) is 19.0 Å². The third-order valence-electron chi connectivity index (χ3n) is 8.11. The van der Waals surface area contributed by atoms with E-state index in [-0.39, 0.29) is 23.5 Å². The minimum atomic E-state index is -2.47. The molecule has 1 unspecified atom stereocenters. The second kappa shape index (κ2) is 12.0. The van der Waals surface area contributed by atoms with Crippen molar-refractivity contribution in [2.75, 3.05) is 62.0 Å². The molecule has 2 fully saturated rings. The van der Waals surface area contributed by atoms with E-state index in [4.69, 9.17) is 9.97 Å². The van der Waals surface area contributed by atoms with Gasteiger partial charge in [0.2, 0.25) is 5.91 Å². The third kappa shape index (κ3) is 5.72. The van der Waals surface area contributed by atoms with Gasteiger partial charge in [-0.1, -0.05) is 6.92 Å². The number of rotatable bonds is 8. The second-order valence-electron chi connectivity index (χ2n) is 10.8. The number of aromatic nitrogens is 3. The van der Waals surface area contributed by atoms with Crippen molar-refractivity contribution in [3.8, 4) is 11.3 Å². The van der Waals surface area contributed by atoms with E-state index in [2.05, 4.69) is 33.4 Å². The maximum atomic E-state index is 13.4. The Kier molecular flexibility index (Phi) is 8.15. The molecule has 0 aliphatic carbocycles. The molecule has 0 radical (unpaired) electrons. The van der Waals surface area contributed by atoms with E-state index in [1.165, 1.54) is 23.5 Å². The van der Waals surface area contributed by atoms with Crippen LogP contribution in [0.4, 0.5) is 21.0 Å². The molecule has 1 amide bonds. The lowest BCUT2D eigenvalue weighted by molar-refractivity contribution is -0.135. The summed E-state index contributed by atoms with van der Waals surface area (Å²) in [6, 6.07) is 10.5. The highest BCUT2D eigenvalue weighted by molar-refractivity contribution is 7.72. The van der Waals surface area contributed by atoms with Crippen molar-refractivity contribution in [1.82, 2.24) is 24.2 Å². The average Bonchev–Trinajstić information content (AvgIpc) is 3.75. The van der Waals surface area contributed by atoms with Gasteiger partial charge in [0.1, 0.15) is 17.3 Å². The van der Waals surface area contributed by atoms with Crippen LogP contribution in [0.5, 0.6) is 0 Å². The zero-order chi connectivity index (χ0) is 29.4. The normalized spacial score (nSPS) is 18.0. The highest BCUT2D eigenvalue weighted by Gasteiger charge is 2.33. The Morgan fingerprint density at radius 1 is 1.07 bits per heavy atom. The highest BCUT2D eigenvalue weighted by Crippen LogP contribution is 2.34. The molecule has 0 spiro atoms. The smallest absolute Gasteiger partial charge is 0.227 e. The number of halogens is 1. The zero-order valence-electron chi connectivity index (χ0n) is 23.6. The molecular weight excluding hydrogens is 577 g/mol. The molecule has 3 aromatic heterocycles. The van der Waals surface area contributed by atoms with Crippen LogP contribution in [0.2, 0.25) is 0 Å². The fourth-order valence-electron chi connectivity index (χ4n) is 5.88.